The number of amides is 5. The van der Waals surface area contributed by atoms with Crippen LogP contribution in [0.25, 0.3) is 11.1 Å². The minimum absolute atomic E-state index is 0.227. The second-order valence-electron chi connectivity index (χ2n) is 13.5. The monoisotopic (exact) mass is 737 g/mol. The number of nitrogens with two attached hydrogens (primary N) is 2. The fourth-order valence-corrected chi connectivity index (χ4v) is 6.14. The molecular weight excluding hydrogens is 678 g/mol. The van der Waals surface area contributed by atoms with Crippen LogP contribution in [0.4, 0.5) is 0 Å². The van der Waals surface area contributed by atoms with Crippen LogP contribution in [-0.2, 0) is 30.4 Å². The molecule has 8 N–H and O–H groups in total. The molecule has 0 fully saturated rings. The first kappa shape index (κ1) is 42.7. The fourth-order valence-electron chi connectivity index (χ4n) is 6.14. The van der Waals surface area contributed by atoms with Crippen LogP contribution in [0.3, 0.4) is 0 Å². The Hall–Kier alpha value is -4.69. The van der Waals surface area contributed by atoms with E-state index in [2.05, 4.69) is 28.2 Å². The molecule has 0 saturated carbocycles. The number of carbonyl (C=O) groups excluding carboxylic acids is 5. The molecule has 3 rings (SSSR count). The highest BCUT2D eigenvalue weighted by molar-refractivity contribution is 5.99. The molecule has 0 aliphatic carbocycles. The van der Waals surface area contributed by atoms with E-state index in [9.17, 15) is 24.0 Å². The van der Waals surface area contributed by atoms with Crippen LogP contribution in [0.15, 0.2) is 36.4 Å². The lowest BCUT2D eigenvalue weighted by Crippen LogP contribution is -2.52. The number of carbonyl (C=O) groups is 5. The van der Waals surface area contributed by atoms with Crippen molar-refractivity contribution in [3.8, 4) is 22.6 Å². The van der Waals surface area contributed by atoms with Crippen molar-refractivity contribution >= 4 is 29.5 Å². The van der Waals surface area contributed by atoms with Gasteiger partial charge in [-0.1, -0.05) is 57.6 Å². The highest BCUT2D eigenvalue weighted by Gasteiger charge is 2.32. The predicted molar refractivity (Wildman–Crippen MR) is 204 cm³/mol. The highest BCUT2D eigenvalue weighted by atomic mass is 16.5. The number of likely N-dealkylation sites (N-methyl/N-ethyl adjacent to an activating group) is 1. The van der Waals surface area contributed by atoms with Gasteiger partial charge in [0.2, 0.25) is 29.5 Å². The van der Waals surface area contributed by atoms with E-state index in [0.29, 0.717) is 41.2 Å². The molecule has 1 aliphatic rings. The van der Waals surface area contributed by atoms with Gasteiger partial charge in [0, 0.05) is 43.9 Å². The molecule has 2 aromatic rings. The summed E-state index contributed by atoms with van der Waals surface area (Å²) in [5.41, 5.74) is 14.1. The van der Waals surface area contributed by atoms with Gasteiger partial charge in [-0.05, 0) is 62.1 Å². The number of nitrogens with one attached hydrogen (secondary N) is 4. The number of hydrogen-bond acceptors (Lipinski definition) is 9. The molecule has 3 atom stereocenters. The van der Waals surface area contributed by atoms with E-state index in [1.807, 2.05) is 25.1 Å². The third-order valence-electron chi connectivity index (χ3n) is 8.98. The molecule has 4 bridgehead atoms. The zero-order chi connectivity index (χ0) is 38.8. The van der Waals surface area contributed by atoms with Crippen molar-refractivity contribution in [2.24, 2.45) is 11.5 Å². The molecular formula is C39H59N7O7. The Kier molecular flexibility index (Phi) is 18.1. The lowest BCUT2D eigenvalue weighted by atomic mass is 9.94. The number of nitrogens with zero attached hydrogens (tertiary/aromatic N) is 1. The van der Waals surface area contributed by atoms with E-state index in [1.165, 1.54) is 37.6 Å². The van der Waals surface area contributed by atoms with Gasteiger partial charge in [-0.3, -0.25) is 24.0 Å². The maximum absolute atomic E-state index is 14.0. The minimum atomic E-state index is -1.22. The molecule has 5 amide bonds. The fraction of sp³-hybridized carbons (Fsp3) is 0.564. The van der Waals surface area contributed by atoms with E-state index in [-0.39, 0.29) is 38.3 Å². The number of fused-ring (bicyclic) bond motifs is 5. The molecule has 2 aromatic carbocycles. The standard InChI is InChI=1S/C39H59N7O7/c1-5-6-7-8-9-10-11-18-42-34(47)24-35(48)43-25-36(49)46(4)37-29-13-15-33(53-20-17-41)31(23-29)30-22-28(12-14-32(30)52-19-16-40)21-26(2)44-38(50)27(3)45-39(37)51/h12-15,22-23,26-27,37H,5-11,16-21,24-25,40-41H2,1-4H3,(H,42,47)(H,43,48)(H,44,50)(H,45,51)/t26?,27-,37?/m0/s1. The molecule has 1 heterocycles. The van der Waals surface area contributed by atoms with E-state index < -0.39 is 48.7 Å². The first-order valence-corrected chi connectivity index (χ1v) is 18.8. The van der Waals surface area contributed by atoms with Crippen LogP contribution in [0.1, 0.15) is 89.3 Å². The largest absolute Gasteiger partial charge is 0.492 e. The molecule has 0 radical (unpaired) electrons. The summed E-state index contributed by atoms with van der Waals surface area (Å²) in [7, 11) is 1.44. The van der Waals surface area contributed by atoms with Crippen LogP contribution in [0.2, 0.25) is 0 Å². The summed E-state index contributed by atoms with van der Waals surface area (Å²) in [4.78, 5) is 66.9. The molecule has 2 unspecified atom stereocenters. The maximum Gasteiger partial charge on any atom is 0.248 e. The summed E-state index contributed by atoms with van der Waals surface area (Å²) < 4.78 is 12.1. The summed E-state index contributed by atoms with van der Waals surface area (Å²) in [5.74, 6) is -1.61. The summed E-state index contributed by atoms with van der Waals surface area (Å²) in [6.07, 6.45) is 7.85. The number of hydrogen-bond donors (Lipinski definition) is 6. The van der Waals surface area contributed by atoms with E-state index in [1.54, 1.807) is 25.1 Å². The van der Waals surface area contributed by atoms with Gasteiger partial charge >= 0.3 is 0 Å². The van der Waals surface area contributed by atoms with Gasteiger partial charge in [0.1, 0.15) is 43.2 Å². The Morgan fingerprint density at radius 2 is 1.42 bits per heavy atom. The van der Waals surface area contributed by atoms with E-state index in [4.69, 9.17) is 20.9 Å². The zero-order valence-corrected chi connectivity index (χ0v) is 31.8. The Morgan fingerprint density at radius 1 is 0.811 bits per heavy atom. The summed E-state index contributed by atoms with van der Waals surface area (Å²) in [6, 6.07) is 8.40. The van der Waals surface area contributed by atoms with Gasteiger partial charge in [-0.25, -0.2) is 0 Å². The van der Waals surface area contributed by atoms with Crippen LogP contribution in [-0.4, -0.2) is 93.0 Å². The first-order chi connectivity index (χ1) is 25.5. The lowest BCUT2D eigenvalue weighted by molar-refractivity contribution is -0.140. The molecule has 53 heavy (non-hydrogen) atoms. The average Bonchev–Trinajstić information content (AvgIpc) is 3.13. The van der Waals surface area contributed by atoms with Crippen molar-refractivity contribution in [1.82, 2.24) is 26.2 Å². The second kappa shape index (κ2) is 22.4. The Bertz CT molecular complexity index is 1540. The zero-order valence-electron chi connectivity index (χ0n) is 31.8. The van der Waals surface area contributed by atoms with Crippen molar-refractivity contribution in [2.45, 2.75) is 96.7 Å². The van der Waals surface area contributed by atoms with Gasteiger partial charge in [-0.2, -0.15) is 0 Å². The summed E-state index contributed by atoms with van der Waals surface area (Å²) in [6.45, 7) is 6.68. The van der Waals surface area contributed by atoms with Crippen LogP contribution in [0.5, 0.6) is 11.5 Å². The van der Waals surface area contributed by atoms with Crippen LogP contribution >= 0.6 is 0 Å². The maximum atomic E-state index is 14.0. The SMILES string of the molecule is CCCCCCCCCNC(=O)CC(=O)NCC(=O)N(C)C1C(=O)N[C@@H](C)C(=O)NC(C)Cc2ccc(OCCN)c(c2)-c2cc1ccc2OCCN. The molecule has 14 nitrogen and oxygen atoms in total. The van der Waals surface area contributed by atoms with Crippen molar-refractivity contribution in [2.75, 3.05) is 46.4 Å². The summed E-state index contributed by atoms with van der Waals surface area (Å²) in [5, 5.41) is 11.0. The van der Waals surface area contributed by atoms with E-state index >= 15 is 0 Å². The second-order valence-corrected chi connectivity index (χ2v) is 13.5. The highest BCUT2D eigenvalue weighted by Crippen LogP contribution is 2.40. The molecule has 1 aliphatic heterocycles. The number of unbranched alkanes of at least 4 members (excludes halogenated alkanes) is 6. The quantitative estimate of drug-likeness (QED) is 0.0924. The third-order valence-corrected chi connectivity index (χ3v) is 8.98. The molecule has 14 heteroatoms. The average molecular weight is 738 g/mol. The predicted octanol–water partition coefficient (Wildman–Crippen LogP) is 2.47. The smallest absolute Gasteiger partial charge is 0.248 e. The Labute approximate surface area is 313 Å². The van der Waals surface area contributed by atoms with E-state index in [0.717, 1.165) is 24.8 Å². The van der Waals surface area contributed by atoms with Crippen molar-refractivity contribution in [3.63, 3.8) is 0 Å². The first-order valence-electron chi connectivity index (χ1n) is 18.8. The topological polar surface area (TPSA) is 207 Å². The number of rotatable bonds is 19. The molecule has 0 spiro atoms. The van der Waals surface area contributed by atoms with Gasteiger partial charge in [0.25, 0.3) is 0 Å². The van der Waals surface area contributed by atoms with Crippen molar-refractivity contribution < 1.29 is 33.4 Å². The minimum Gasteiger partial charge on any atom is -0.492 e. The van der Waals surface area contributed by atoms with Crippen LogP contribution in [0, 0.1) is 0 Å². The normalized spacial score (nSPS) is 17.1. The molecule has 292 valence electrons. The molecule has 0 aromatic heterocycles. The van der Waals surface area contributed by atoms with Gasteiger partial charge in [0.15, 0.2) is 0 Å². The van der Waals surface area contributed by atoms with Crippen molar-refractivity contribution in [3.05, 3.63) is 47.5 Å². The van der Waals surface area contributed by atoms with Gasteiger partial charge in [-0.15, -0.1) is 0 Å². The van der Waals surface area contributed by atoms with Gasteiger partial charge < -0.3 is 47.1 Å². The lowest BCUT2D eigenvalue weighted by Gasteiger charge is -2.30. The van der Waals surface area contributed by atoms with Crippen molar-refractivity contribution in [1.29, 1.82) is 0 Å². The Balaban J connectivity index is 1.86. The number of ether oxygens (including phenoxy) is 2. The Morgan fingerprint density at radius 3 is 2.08 bits per heavy atom. The third kappa shape index (κ3) is 13.7. The molecule has 0 saturated heterocycles. The van der Waals surface area contributed by atoms with Gasteiger partial charge in [0.05, 0.1) is 6.54 Å². The number of benzene rings is 2. The summed E-state index contributed by atoms with van der Waals surface area (Å²) >= 11 is 0. The van der Waals surface area contributed by atoms with Crippen LogP contribution < -0.4 is 42.2 Å².